The van der Waals surface area contributed by atoms with Crippen molar-refractivity contribution >= 4 is 0 Å². The van der Waals surface area contributed by atoms with Gasteiger partial charge in [-0.05, 0) is 48.9 Å². The highest BCUT2D eigenvalue weighted by Gasteiger charge is 2.19. The maximum atomic E-state index is 2.30. The Bertz CT molecular complexity index is 940. The van der Waals surface area contributed by atoms with E-state index < -0.39 is 0 Å². The first kappa shape index (κ1) is 20.2. The van der Waals surface area contributed by atoms with E-state index in [0.29, 0.717) is 11.8 Å². The molecule has 0 nitrogen and oxygen atoms in total. The predicted octanol–water partition coefficient (Wildman–Crippen LogP) is 8.05. The van der Waals surface area contributed by atoms with Crippen molar-refractivity contribution in [1.82, 2.24) is 0 Å². The van der Waals surface area contributed by atoms with Crippen molar-refractivity contribution in [3.8, 4) is 0 Å². The summed E-state index contributed by atoms with van der Waals surface area (Å²) in [4.78, 5) is 0. The largest absolute Gasteiger partial charge is 0.0622 e. The fourth-order valence-corrected chi connectivity index (χ4v) is 4.35. The second-order valence-corrected chi connectivity index (χ2v) is 8.33. The minimum absolute atomic E-state index is 0.406. The van der Waals surface area contributed by atoms with E-state index in [9.17, 15) is 0 Å². The first-order valence-corrected chi connectivity index (χ1v) is 10.9. The molecule has 0 fully saturated rings. The van der Waals surface area contributed by atoms with Crippen LogP contribution in [0.15, 0.2) is 109 Å². The highest BCUT2D eigenvalue weighted by molar-refractivity contribution is 5.36. The SMILES string of the molecule is Cc1ccc(C(CCC(c2ccccc2)c2ccc(C)cc2)c2ccccc2)cc1. The second-order valence-electron chi connectivity index (χ2n) is 8.33. The van der Waals surface area contributed by atoms with E-state index in [4.69, 9.17) is 0 Å². The first-order valence-electron chi connectivity index (χ1n) is 10.9. The summed E-state index contributed by atoms with van der Waals surface area (Å²) >= 11 is 0. The average molecular weight is 391 g/mol. The van der Waals surface area contributed by atoms with Gasteiger partial charge < -0.3 is 0 Å². The van der Waals surface area contributed by atoms with Crippen molar-refractivity contribution in [3.63, 3.8) is 0 Å². The van der Waals surface area contributed by atoms with Gasteiger partial charge in [0.15, 0.2) is 0 Å². The summed E-state index contributed by atoms with van der Waals surface area (Å²) in [7, 11) is 0. The van der Waals surface area contributed by atoms with E-state index in [1.54, 1.807) is 0 Å². The molecule has 0 radical (unpaired) electrons. The number of hydrogen-bond acceptors (Lipinski definition) is 0. The molecule has 4 aromatic rings. The molecule has 4 rings (SSSR count). The van der Waals surface area contributed by atoms with Crippen molar-refractivity contribution < 1.29 is 0 Å². The highest BCUT2D eigenvalue weighted by atomic mass is 14.2. The number of aryl methyl sites for hydroxylation is 2. The Morgan fingerprint density at radius 3 is 1.03 bits per heavy atom. The molecule has 0 bridgehead atoms. The Morgan fingerprint density at radius 2 is 0.700 bits per heavy atom. The molecule has 0 spiro atoms. The molecule has 0 aliphatic rings. The van der Waals surface area contributed by atoms with Crippen LogP contribution in [0.3, 0.4) is 0 Å². The maximum Gasteiger partial charge on any atom is 0.00896 e. The molecule has 30 heavy (non-hydrogen) atoms. The van der Waals surface area contributed by atoms with Gasteiger partial charge in [-0.1, -0.05) is 120 Å². The fraction of sp³-hybridized carbons (Fsp3) is 0.200. The molecule has 0 saturated heterocycles. The van der Waals surface area contributed by atoms with Crippen LogP contribution in [0.4, 0.5) is 0 Å². The molecule has 0 aliphatic heterocycles. The highest BCUT2D eigenvalue weighted by Crippen LogP contribution is 2.36. The molecule has 0 aliphatic carbocycles. The Hall–Kier alpha value is -3.12. The molecular weight excluding hydrogens is 360 g/mol. The lowest BCUT2D eigenvalue weighted by atomic mass is 9.81. The summed E-state index contributed by atoms with van der Waals surface area (Å²) in [5.74, 6) is 0.812. The van der Waals surface area contributed by atoms with Crippen molar-refractivity contribution in [2.24, 2.45) is 0 Å². The standard InChI is InChI=1S/C30H30/c1-23-13-17-27(18-14-23)29(25-9-5-3-6-10-25)21-22-30(26-11-7-4-8-12-26)28-19-15-24(2)16-20-28/h3-20,29-30H,21-22H2,1-2H3. The summed E-state index contributed by atoms with van der Waals surface area (Å²) in [5.41, 5.74) is 8.24. The van der Waals surface area contributed by atoms with Gasteiger partial charge in [0.25, 0.3) is 0 Å². The predicted molar refractivity (Wildman–Crippen MR) is 128 cm³/mol. The van der Waals surface area contributed by atoms with Crippen LogP contribution in [0.5, 0.6) is 0 Å². The number of rotatable bonds is 7. The van der Waals surface area contributed by atoms with E-state index in [2.05, 4.69) is 123 Å². The van der Waals surface area contributed by atoms with E-state index >= 15 is 0 Å². The topological polar surface area (TPSA) is 0 Å². The van der Waals surface area contributed by atoms with Crippen LogP contribution in [-0.4, -0.2) is 0 Å². The molecule has 0 N–H and O–H groups in total. The molecule has 4 aromatic carbocycles. The van der Waals surface area contributed by atoms with Crippen LogP contribution in [0, 0.1) is 13.8 Å². The minimum atomic E-state index is 0.406. The van der Waals surface area contributed by atoms with Gasteiger partial charge in [-0.15, -0.1) is 0 Å². The Kier molecular flexibility index (Phi) is 6.44. The van der Waals surface area contributed by atoms with Crippen LogP contribution in [0.1, 0.15) is 58.1 Å². The number of benzene rings is 4. The van der Waals surface area contributed by atoms with Crippen LogP contribution >= 0.6 is 0 Å². The average Bonchev–Trinajstić information content (AvgIpc) is 2.80. The summed E-state index contributed by atoms with van der Waals surface area (Å²) in [5, 5.41) is 0. The third-order valence-electron chi connectivity index (χ3n) is 6.11. The smallest absolute Gasteiger partial charge is 0.00896 e. The van der Waals surface area contributed by atoms with Crippen molar-refractivity contribution in [2.45, 2.75) is 38.5 Å². The zero-order valence-electron chi connectivity index (χ0n) is 18.0. The zero-order chi connectivity index (χ0) is 20.8. The quantitative estimate of drug-likeness (QED) is 0.299. The lowest BCUT2D eigenvalue weighted by Crippen LogP contribution is -2.07. The van der Waals surface area contributed by atoms with E-state index in [1.807, 2.05) is 0 Å². The van der Waals surface area contributed by atoms with Crippen molar-refractivity contribution in [2.75, 3.05) is 0 Å². The van der Waals surface area contributed by atoms with Gasteiger partial charge in [0, 0.05) is 11.8 Å². The molecule has 2 unspecified atom stereocenters. The van der Waals surface area contributed by atoms with Crippen LogP contribution in [-0.2, 0) is 0 Å². The first-order chi connectivity index (χ1) is 14.7. The van der Waals surface area contributed by atoms with Gasteiger partial charge in [-0.25, -0.2) is 0 Å². The summed E-state index contributed by atoms with van der Waals surface area (Å²) in [6.07, 6.45) is 2.22. The molecule has 2 atom stereocenters. The molecule has 0 aromatic heterocycles. The van der Waals surface area contributed by atoms with Gasteiger partial charge in [-0.2, -0.15) is 0 Å². The molecule has 0 saturated carbocycles. The van der Waals surface area contributed by atoms with Crippen LogP contribution in [0.25, 0.3) is 0 Å². The van der Waals surface area contributed by atoms with E-state index in [1.165, 1.54) is 33.4 Å². The molecule has 150 valence electrons. The van der Waals surface area contributed by atoms with Crippen LogP contribution in [0.2, 0.25) is 0 Å². The Labute approximate surface area is 181 Å². The zero-order valence-corrected chi connectivity index (χ0v) is 18.0. The monoisotopic (exact) mass is 390 g/mol. The van der Waals surface area contributed by atoms with E-state index in [-0.39, 0.29) is 0 Å². The fourth-order valence-electron chi connectivity index (χ4n) is 4.35. The second kappa shape index (κ2) is 9.59. The Balaban J connectivity index is 1.65. The van der Waals surface area contributed by atoms with Gasteiger partial charge in [0.05, 0.1) is 0 Å². The van der Waals surface area contributed by atoms with Crippen LogP contribution < -0.4 is 0 Å². The maximum absolute atomic E-state index is 2.30. The van der Waals surface area contributed by atoms with Gasteiger partial charge in [0.2, 0.25) is 0 Å². The molecular formula is C30H30. The summed E-state index contributed by atoms with van der Waals surface area (Å²) < 4.78 is 0. The van der Waals surface area contributed by atoms with Gasteiger partial charge in [-0.3, -0.25) is 0 Å². The normalized spacial score (nSPS) is 13.0. The lowest BCUT2D eigenvalue weighted by Gasteiger charge is -2.23. The van der Waals surface area contributed by atoms with Gasteiger partial charge >= 0.3 is 0 Å². The third-order valence-corrected chi connectivity index (χ3v) is 6.11. The van der Waals surface area contributed by atoms with Crippen molar-refractivity contribution in [3.05, 3.63) is 143 Å². The number of hydrogen-bond donors (Lipinski definition) is 0. The van der Waals surface area contributed by atoms with Gasteiger partial charge in [0.1, 0.15) is 0 Å². The Morgan fingerprint density at radius 1 is 0.400 bits per heavy atom. The van der Waals surface area contributed by atoms with Crippen molar-refractivity contribution in [1.29, 1.82) is 0 Å². The summed E-state index contributed by atoms with van der Waals surface area (Å²) in [6, 6.07) is 40.1. The molecule has 0 heteroatoms. The lowest BCUT2D eigenvalue weighted by molar-refractivity contribution is 0.612. The third kappa shape index (κ3) is 4.89. The minimum Gasteiger partial charge on any atom is -0.0622 e. The van der Waals surface area contributed by atoms with E-state index in [0.717, 1.165) is 12.8 Å². The molecule has 0 amide bonds. The summed E-state index contributed by atoms with van der Waals surface area (Å²) in [6.45, 7) is 4.31. The molecule has 0 heterocycles.